The Morgan fingerprint density at radius 3 is 2.94 bits per heavy atom. The normalized spacial score (nSPS) is 10.4. The van der Waals surface area contributed by atoms with Gasteiger partial charge in [0, 0.05) is 19.9 Å². The molecule has 2 heterocycles. The standard InChI is InChI=1S/C10H11BrN4O/c1-7-13-10(15-16-7)5-6-12-9-4-2-3-8(11)14-9/h2-4H,5-6H2,1H3,(H,12,14). The Morgan fingerprint density at radius 1 is 1.38 bits per heavy atom. The lowest BCUT2D eigenvalue weighted by molar-refractivity contribution is 0.387. The molecule has 2 aromatic heterocycles. The van der Waals surface area contributed by atoms with Gasteiger partial charge in [0.15, 0.2) is 5.82 Å². The van der Waals surface area contributed by atoms with E-state index in [4.69, 9.17) is 4.52 Å². The van der Waals surface area contributed by atoms with E-state index >= 15 is 0 Å². The Morgan fingerprint density at radius 2 is 2.25 bits per heavy atom. The third-order valence-corrected chi connectivity index (χ3v) is 2.38. The summed E-state index contributed by atoms with van der Waals surface area (Å²) in [5.74, 6) is 2.13. The fraction of sp³-hybridized carbons (Fsp3) is 0.300. The molecule has 0 unspecified atom stereocenters. The van der Waals surface area contributed by atoms with Crippen LogP contribution in [0.1, 0.15) is 11.7 Å². The number of aromatic nitrogens is 3. The van der Waals surface area contributed by atoms with E-state index < -0.39 is 0 Å². The molecule has 0 radical (unpaired) electrons. The summed E-state index contributed by atoms with van der Waals surface area (Å²) in [4.78, 5) is 8.36. The number of nitrogens with zero attached hydrogens (tertiary/aromatic N) is 3. The first kappa shape index (κ1) is 11.1. The second-order valence-corrected chi connectivity index (χ2v) is 4.06. The quantitative estimate of drug-likeness (QED) is 0.871. The highest BCUT2D eigenvalue weighted by molar-refractivity contribution is 9.10. The molecule has 1 N–H and O–H groups in total. The summed E-state index contributed by atoms with van der Waals surface area (Å²) in [5, 5.41) is 6.99. The van der Waals surface area contributed by atoms with Crippen molar-refractivity contribution in [3.63, 3.8) is 0 Å². The number of nitrogens with one attached hydrogen (secondary N) is 1. The van der Waals surface area contributed by atoms with Gasteiger partial charge < -0.3 is 9.84 Å². The summed E-state index contributed by atoms with van der Waals surface area (Å²) in [6.07, 6.45) is 0.714. The molecule has 0 spiro atoms. The Labute approximate surface area is 101 Å². The maximum Gasteiger partial charge on any atom is 0.223 e. The molecule has 16 heavy (non-hydrogen) atoms. The lowest BCUT2D eigenvalue weighted by Crippen LogP contribution is -2.07. The zero-order chi connectivity index (χ0) is 11.4. The minimum atomic E-state index is 0.593. The van der Waals surface area contributed by atoms with Gasteiger partial charge in [-0.2, -0.15) is 4.98 Å². The van der Waals surface area contributed by atoms with Gasteiger partial charge in [0.25, 0.3) is 0 Å². The number of halogens is 1. The van der Waals surface area contributed by atoms with Crippen LogP contribution in [0, 0.1) is 6.92 Å². The van der Waals surface area contributed by atoms with E-state index in [1.165, 1.54) is 0 Å². The summed E-state index contributed by atoms with van der Waals surface area (Å²) < 4.78 is 5.69. The lowest BCUT2D eigenvalue weighted by Gasteiger charge is -2.03. The van der Waals surface area contributed by atoms with Crippen LogP contribution in [0.15, 0.2) is 27.3 Å². The van der Waals surface area contributed by atoms with Gasteiger partial charge in [0.2, 0.25) is 5.89 Å². The molecule has 0 aliphatic heterocycles. The van der Waals surface area contributed by atoms with Gasteiger partial charge in [0.05, 0.1) is 0 Å². The summed E-state index contributed by atoms with van der Waals surface area (Å²) in [5.41, 5.74) is 0. The summed E-state index contributed by atoms with van der Waals surface area (Å²) >= 11 is 3.31. The van der Waals surface area contributed by atoms with Gasteiger partial charge in [0.1, 0.15) is 10.4 Å². The average Bonchev–Trinajstić information content (AvgIpc) is 2.64. The topological polar surface area (TPSA) is 63.8 Å². The highest BCUT2D eigenvalue weighted by atomic mass is 79.9. The van der Waals surface area contributed by atoms with Crippen LogP contribution in [0.2, 0.25) is 0 Å². The fourth-order valence-corrected chi connectivity index (χ4v) is 1.60. The third kappa shape index (κ3) is 3.03. The van der Waals surface area contributed by atoms with Crippen molar-refractivity contribution in [2.45, 2.75) is 13.3 Å². The van der Waals surface area contributed by atoms with Gasteiger partial charge >= 0.3 is 0 Å². The van der Waals surface area contributed by atoms with Crippen molar-refractivity contribution in [2.75, 3.05) is 11.9 Å². The molecule has 0 aliphatic carbocycles. The minimum absolute atomic E-state index is 0.593. The number of aryl methyl sites for hydroxylation is 1. The SMILES string of the molecule is Cc1nc(CCNc2cccc(Br)n2)no1. The molecule has 0 saturated carbocycles. The molecule has 84 valence electrons. The fourth-order valence-electron chi connectivity index (χ4n) is 1.25. The molecule has 0 atom stereocenters. The maximum absolute atomic E-state index is 4.87. The van der Waals surface area contributed by atoms with Crippen molar-refractivity contribution >= 4 is 21.7 Å². The smallest absolute Gasteiger partial charge is 0.223 e. The highest BCUT2D eigenvalue weighted by Gasteiger charge is 2.01. The lowest BCUT2D eigenvalue weighted by atomic mass is 10.4. The molecule has 2 aromatic rings. The van der Waals surface area contributed by atoms with E-state index in [0.717, 1.165) is 17.0 Å². The number of anilines is 1. The monoisotopic (exact) mass is 282 g/mol. The van der Waals surface area contributed by atoms with Gasteiger partial charge in [-0.15, -0.1) is 0 Å². The highest BCUT2D eigenvalue weighted by Crippen LogP contribution is 2.09. The van der Waals surface area contributed by atoms with Crippen LogP contribution in [0.4, 0.5) is 5.82 Å². The van der Waals surface area contributed by atoms with Crippen LogP contribution in [-0.2, 0) is 6.42 Å². The van der Waals surface area contributed by atoms with E-state index in [9.17, 15) is 0 Å². The molecule has 0 saturated heterocycles. The van der Waals surface area contributed by atoms with Gasteiger partial charge in [-0.25, -0.2) is 4.98 Å². The molecule has 0 fully saturated rings. The van der Waals surface area contributed by atoms with Gasteiger partial charge in [-0.1, -0.05) is 11.2 Å². The van der Waals surface area contributed by atoms with Gasteiger partial charge in [-0.05, 0) is 28.1 Å². The Kier molecular flexibility index (Phi) is 3.51. The first-order chi connectivity index (χ1) is 7.74. The van der Waals surface area contributed by atoms with Crippen molar-refractivity contribution in [1.82, 2.24) is 15.1 Å². The van der Waals surface area contributed by atoms with Crippen molar-refractivity contribution in [1.29, 1.82) is 0 Å². The van der Waals surface area contributed by atoms with E-state index in [1.807, 2.05) is 18.2 Å². The molecule has 2 rings (SSSR count). The number of hydrogen-bond acceptors (Lipinski definition) is 5. The van der Waals surface area contributed by atoms with Crippen molar-refractivity contribution in [3.05, 3.63) is 34.5 Å². The molecule has 0 aromatic carbocycles. The third-order valence-electron chi connectivity index (χ3n) is 1.94. The molecular weight excluding hydrogens is 272 g/mol. The van der Waals surface area contributed by atoms with Crippen LogP contribution >= 0.6 is 15.9 Å². The number of rotatable bonds is 4. The predicted octanol–water partition coefficient (Wildman–Crippen LogP) is 2.19. The van der Waals surface area contributed by atoms with Crippen molar-refractivity contribution in [2.24, 2.45) is 0 Å². The first-order valence-corrected chi connectivity index (χ1v) is 5.69. The molecule has 6 heteroatoms. The molecular formula is C10H11BrN4O. The summed E-state index contributed by atoms with van der Waals surface area (Å²) in [7, 11) is 0. The minimum Gasteiger partial charge on any atom is -0.370 e. The molecule has 0 amide bonds. The van der Waals surface area contributed by atoms with E-state index in [-0.39, 0.29) is 0 Å². The van der Waals surface area contributed by atoms with E-state index in [1.54, 1.807) is 6.92 Å². The van der Waals surface area contributed by atoms with Crippen LogP contribution in [0.5, 0.6) is 0 Å². The molecule has 5 nitrogen and oxygen atoms in total. The zero-order valence-corrected chi connectivity index (χ0v) is 10.4. The molecule has 0 aliphatic rings. The van der Waals surface area contributed by atoms with Crippen LogP contribution < -0.4 is 5.32 Å². The van der Waals surface area contributed by atoms with Crippen LogP contribution in [-0.4, -0.2) is 21.7 Å². The number of pyridine rings is 1. The Hall–Kier alpha value is -1.43. The zero-order valence-electron chi connectivity index (χ0n) is 8.77. The Bertz CT molecular complexity index is 471. The Balaban J connectivity index is 1.84. The largest absolute Gasteiger partial charge is 0.370 e. The summed E-state index contributed by atoms with van der Waals surface area (Å²) in [6, 6.07) is 5.72. The second-order valence-electron chi connectivity index (χ2n) is 3.25. The predicted molar refractivity (Wildman–Crippen MR) is 63.2 cm³/mol. The second kappa shape index (κ2) is 5.07. The van der Waals surface area contributed by atoms with Crippen LogP contribution in [0.3, 0.4) is 0 Å². The van der Waals surface area contributed by atoms with Crippen molar-refractivity contribution in [3.8, 4) is 0 Å². The average molecular weight is 283 g/mol. The molecule has 0 bridgehead atoms. The van der Waals surface area contributed by atoms with Gasteiger partial charge in [-0.3, -0.25) is 0 Å². The number of hydrogen-bond donors (Lipinski definition) is 1. The van der Waals surface area contributed by atoms with Crippen molar-refractivity contribution < 1.29 is 4.52 Å². The van der Waals surface area contributed by atoms with Crippen LogP contribution in [0.25, 0.3) is 0 Å². The maximum atomic E-state index is 4.87. The summed E-state index contributed by atoms with van der Waals surface area (Å²) in [6.45, 7) is 2.50. The first-order valence-electron chi connectivity index (χ1n) is 4.89. The van der Waals surface area contributed by atoms with E-state index in [0.29, 0.717) is 18.1 Å². The van der Waals surface area contributed by atoms with E-state index in [2.05, 4.69) is 36.4 Å².